The standard InChI is InChI=1S/C15H21N3O2/c1-3-20-10-4-9-17-15(19)18-12(2)14-7-5-13(11-16)6-8-14/h5-8,12H,3-4,9-10H2,1-2H3,(H2,17,18,19). The van der Waals surface area contributed by atoms with Crippen LogP contribution < -0.4 is 10.6 Å². The van der Waals surface area contributed by atoms with E-state index in [1.807, 2.05) is 26.0 Å². The van der Waals surface area contributed by atoms with Gasteiger partial charge in [0.25, 0.3) is 0 Å². The molecule has 0 bridgehead atoms. The van der Waals surface area contributed by atoms with Crippen molar-refractivity contribution in [2.24, 2.45) is 0 Å². The molecule has 20 heavy (non-hydrogen) atoms. The maximum Gasteiger partial charge on any atom is 0.315 e. The Morgan fingerprint density at radius 2 is 2.10 bits per heavy atom. The van der Waals surface area contributed by atoms with Crippen LogP contribution in [0.1, 0.15) is 37.4 Å². The van der Waals surface area contributed by atoms with Gasteiger partial charge < -0.3 is 15.4 Å². The summed E-state index contributed by atoms with van der Waals surface area (Å²) in [4.78, 5) is 11.7. The fourth-order valence-electron chi connectivity index (χ4n) is 1.70. The lowest BCUT2D eigenvalue weighted by Crippen LogP contribution is -2.37. The van der Waals surface area contributed by atoms with E-state index in [0.717, 1.165) is 12.0 Å². The molecule has 0 heterocycles. The summed E-state index contributed by atoms with van der Waals surface area (Å²) in [5, 5.41) is 14.4. The molecule has 1 atom stereocenters. The summed E-state index contributed by atoms with van der Waals surface area (Å²) in [6.45, 7) is 5.79. The van der Waals surface area contributed by atoms with E-state index in [9.17, 15) is 4.79 Å². The summed E-state index contributed by atoms with van der Waals surface area (Å²) < 4.78 is 5.19. The number of carbonyl (C=O) groups is 1. The smallest absolute Gasteiger partial charge is 0.315 e. The van der Waals surface area contributed by atoms with Gasteiger partial charge in [-0.05, 0) is 38.0 Å². The lowest BCUT2D eigenvalue weighted by Gasteiger charge is -2.15. The molecule has 2 amide bonds. The van der Waals surface area contributed by atoms with Crippen molar-refractivity contribution in [1.82, 2.24) is 10.6 Å². The number of rotatable bonds is 7. The van der Waals surface area contributed by atoms with Crippen molar-refractivity contribution in [3.8, 4) is 6.07 Å². The summed E-state index contributed by atoms with van der Waals surface area (Å²) in [6.07, 6.45) is 0.798. The predicted octanol–water partition coefficient (Wildman–Crippen LogP) is 2.35. The number of nitriles is 1. The Morgan fingerprint density at radius 1 is 1.40 bits per heavy atom. The number of benzene rings is 1. The SMILES string of the molecule is CCOCCCNC(=O)NC(C)c1ccc(C#N)cc1. The first-order valence-corrected chi connectivity index (χ1v) is 6.79. The highest BCUT2D eigenvalue weighted by molar-refractivity contribution is 5.74. The molecule has 108 valence electrons. The van der Waals surface area contributed by atoms with Crippen LogP contribution >= 0.6 is 0 Å². The molecule has 5 heteroatoms. The molecule has 1 rings (SSSR count). The fraction of sp³-hybridized carbons (Fsp3) is 0.467. The van der Waals surface area contributed by atoms with Gasteiger partial charge in [-0.15, -0.1) is 0 Å². The van der Waals surface area contributed by atoms with Gasteiger partial charge in [0, 0.05) is 19.8 Å². The minimum absolute atomic E-state index is 0.102. The Labute approximate surface area is 119 Å². The van der Waals surface area contributed by atoms with Crippen molar-refractivity contribution in [1.29, 1.82) is 5.26 Å². The zero-order valence-corrected chi connectivity index (χ0v) is 12.0. The lowest BCUT2D eigenvalue weighted by molar-refractivity contribution is 0.145. The number of hydrogen-bond donors (Lipinski definition) is 2. The molecule has 0 radical (unpaired) electrons. The van der Waals surface area contributed by atoms with E-state index >= 15 is 0 Å². The Hall–Kier alpha value is -2.06. The van der Waals surface area contributed by atoms with E-state index in [2.05, 4.69) is 16.7 Å². The first-order valence-electron chi connectivity index (χ1n) is 6.79. The zero-order valence-electron chi connectivity index (χ0n) is 12.0. The van der Waals surface area contributed by atoms with Crippen molar-refractivity contribution >= 4 is 6.03 Å². The highest BCUT2D eigenvalue weighted by atomic mass is 16.5. The third-order valence-electron chi connectivity index (χ3n) is 2.84. The molecular weight excluding hydrogens is 254 g/mol. The molecule has 0 aliphatic heterocycles. The quantitative estimate of drug-likeness (QED) is 0.750. The topological polar surface area (TPSA) is 74.2 Å². The molecule has 2 N–H and O–H groups in total. The van der Waals surface area contributed by atoms with Gasteiger partial charge in [-0.25, -0.2) is 4.79 Å². The Balaban J connectivity index is 2.31. The number of nitrogens with zero attached hydrogens (tertiary/aromatic N) is 1. The van der Waals surface area contributed by atoms with Crippen LogP contribution in [0.5, 0.6) is 0 Å². The van der Waals surface area contributed by atoms with Crippen LogP contribution in [0.25, 0.3) is 0 Å². The minimum Gasteiger partial charge on any atom is -0.382 e. The molecule has 1 aromatic rings. The summed E-state index contributed by atoms with van der Waals surface area (Å²) in [6, 6.07) is 8.95. The molecule has 0 aliphatic carbocycles. The van der Waals surface area contributed by atoms with Crippen molar-refractivity contribution in [3.63, 3.8) is 0 Å². The van der Waals surface area contributed by atoms with Gasteiger partial charge >= 0.3 is 6.03 Å². The molecule has 0 fully saturated rings. The van der Waals surface area contributed by atoms with Crippen molar-refractivity contribution in [3.05, 3.63) is 35.4 Å². The van der Waals surface area contributed by atoms with Gasteiger partial charge in [0.2, 0.25) is 0 Å². The molecule has 0 saturated heterocycles. The largest absolute Gasteiger partial charge is 0.382 e. The average Bonchev–Trinajstić information content (AvgIpc) is 2.47. The van der Waals surface area contributed by atoms with Gasteiger partial charge in [0.05, 0.1) is 17.7 Å². The van der Waals surface area contributed by atoms with Crippen LogP contribution in [0.3, 0.4) is 0 Å². The van der Waals surface area contributed by atoms with Crippen LogP contribution in [-0.2, 0) is 4.74 Å². The minimum atomic E-state index is -0.196. The Morgan fingerprint density at radius 3 is 2.70 bits per heavy atom. The van der Waals surface area contributed by atoms with Gasteiger partial charge in [0.15, 0.2) is 0 Å². The van der Waals surface area contributed by atoms with Crippen LogP contribution in [0.2, 0.25) is 0 Å². The number of carbonyl (C=O) groups excluding carboxylic acids is 1. The van der Waals surface area contributed by atoms with E-state index < -0.39 is 0 Å². The lowest BCUT2D eigenvalue weighted by atomic mass is 10.1. The molecule has 0 aliphatic rings. The molecule has 0 aromatic heterocycles. The second kappa shape index (κ2) is 8.94. The maximum atomic E-state index is 11.7. The van der Waals surface area contributed by atoms with Gasteiger partial charge in [-0.2, -0.15) is 5.26 Å². The van der Waals surface area contributed by atoms with Crippen molar-refractivity contribution < 1.29 is 9.53 Å². The number of urea groups is 1. The molecule has 1 aromatic carbocycles. The fourth-order valence-corrected chi connectivity index (χ4v) is 1.70. The molecule has 5 nitrogen and oxygen atoms in total. The molecule has 0 saturated carbocycles. The van der Waals surface area contributed by atoms with Crippen LogP contribution in [0, 0.1) is 11.3 Å². The monoisotopic (exact) mass is 275 g/mol. The van der Waals surface area contributed by atoms with Crippen LogP contribution in [-0.4, -0.2) is 25.8 Å². The van der Waals surface area contributed by atoms with E-state index in [1.165, 1.54) is 0 Å². The number of amides is 2. The summed E-state index contributed by atoms with van der Waals surface area (Å²) in [7, 11) is 0. The van der Waals surface area contributed by atoms with E-state index in [0.29, 0.717) is 25.3 Å². The molecular formula is C15H21N3O2. The third kappa shape index (κ3) is 5.72. The van der Waals surface area contributed by atoms with Crippen LogP contribution in [0.15, 0.2) is 24.3 Å². The average molecular weight is 275 g/mol. The first-order chi connectivity index (χ1) is 9.67. The Bertz CT molecular complexity index is 451. The number of hydrogen-bond acceptors (Lipinski definition) is 3. The zero-order chi connectivity index (χ0) is 14.8. The Kier molecular flexibility index (Phi) is 7.15. The first kappa shape index (κ1) is 16.0. The molecule has 0 spiro atoms. The van der Waals surface area contributed by atoms with Gasteiger partial charge in [-0.3, -0.25) is 0 Å². The highest BCUT2D eigenvalue weighted by Gasteiger charge is 2.08. The normalized spacial score (nSPS) is 11.4. The third-order valence-corrected chi connectivity index (χ3v) is 2.84. The number of nitrogens with one attached hydrogen (secondary N) is 2. The van der Waals surface area contributed by atoms with Gasteiger partial charge in [0.1, 0.15) is 0 Å². The van der Waals surface area contributed by atoms with Gasteiger partial charge in [-0.1, -0.05) is 12.1 Å². The van der Waals surface area contributed by atoms with Crippen LogP contribution in [0.4, 0.5) is 4.79 Å². The summed E-state index contributed by atoms with van der Waals surface area (Å²) >= 11 is 0. The number of ether oxygens (including phenoxy) is 1. The second-order valence-corrected chi connectivity index (χ2v) is 4.41. The highest BCUT2D eigenvalue weighted by Crippen LogP contribution is 2.12. The maximum absolute atomic E-state index is 11.7. The predicted molar refractivity (Wildman–Crippen MR) is 77.2 cm³/mol. The second-order valence-electron chi connectivity index (χ2n) is 4.41. The van der Waals surface area contributed by atoms with E-state index in [-0.39, 0.29) is 12.1 Å². The van der Waals surface area contributed by atoms with E-state index in [4.69, 9.17) is 10.00 Å². The van der Waals surface area contributed by atoms with Crippen molar-refractivity contribution in [2.45, 2.75) is 26.3 Å². The molecule has 1 unspecified atom stereocenters. The van der Waals surface area contributed by atoms with E-state index in [1.54, 1.807) is 12.1 Å². The summed E-state index contributed by atoms with van der Waals surface area (Å²) in [5.41, 5.74) is 1.58. The summed E-state index contributed by atoms with van der Waals surface area (Å²) in [5.74, 6) is 0. The van der Waals surface area contributed by atoms with Crippen molar-refractivity contribution in [2.75, 3.05) is 19.8 Å².